The van der Waals surface area contributed by atoms with Gasteiger partial charge in [-0.3, -0.25) is 9.59 Å². The number of fused-ring (bicyclic) bond motifs is 3. The molecule has 0 fully saturated rings. The normalized spacial score (nSPS) is 19.1. The first kappa shape index (κ1) is 15.6. The Bertz CT molecular complexity index is 763. The molecule has 0 saturated carbocycles. The fourth-order valence-electron chi connectivity index (χ4n) is 3.26. The number of benzene rings is 2. The van der Waals surface area contributed by atoms with E-state index in [1.54, 1.807) is 24.3 Å². The maximum atomic E-state index is 12.9. The molecule has 1 unspecified atom stereocenters. The van der Waals surface area contributed by atoms with Crippen LogP contribution in [-0.4, -0.2) is 16.7 Å². The molecule has 0 spiro atoms. The van der Waals surface area contributed by atoms with E-state index in [9.17, 15) is 14.7 Å². The predicted molar refractivity (Wildman–Crippen MR) is 89.3 cm³/mol. The van der Waals surface area contributed by atoms with Gasteiger partial charge >= 0.3 is 0 Å². The van der Waals surface area contributed by atoms with Crippen LogP contribution in [0.5, 0.6) is 0 Å². The highest BCUT2D eigenvalue weighted by atomic mass is 16.3. The predicted octanol–water partition coefficient (Wildman–Crippen LogP) is 3.89. The minimum absolute atomic E-state index is 0.0723. The lowest BCUT2D eigenvalue weighted by Gasteiger charge is -2.33. The van der Waals surface area contributed by atoms with Gasteiger partial charge in [-0.2, -0.15) is 0 Å². The molecule has 118 valence electrons. The quantitative estimate of drug-likeness (QED) is 0.911. The van der Waals surface area contributed by atoms with Crippen LogP contribution in [0.4, 0.5) is 0 Å². The van der Waals surface area contributed by atoms with E-state index in [-0.39, 0.29) is 18.0 Å². The molecule has 1 aliphatic carbocycles. The molecule has 0 radical (unpaired) electrons. The molecule has 0 heterocycles. The third-order valence-electron chi connectivity index (χ3n) is 4.47. The highest BCUT2D eigenvalue weighted by Crippen LogP contribution is 2.43. The van der Waals surface area contributed by atoms with Gasteiger partial charge in [0.15, 0.2) is 11.4 Å². The van der Waals surface area contributed by atoms with Gasteiger partial charge in [0.25, 0.3) is 0 Å². The lowest BCUT2D eigenvalue weighted by Crippen LogP contribution is -2.41. The van der Waals surface area contributed by atoms with E-state index in [1.807, 2.05) is 31.2 Å². The van der Waals surface area contributed by atoms with Gasteiger partial charge in [0, 0.05) is 18.4 Å². The van der Waals surface area contributed by atoms with Crippen molar-refractivity contribution < 1.29 is 14.7 Å². The Kier molecular flexibility index (Phi) is 4.14. The number of Topliss-reactive ketones (excluding diaryl/α,β-unsaturated/α-hetero) is 2. The molecule has 2 aromatic carbocycles. The number of hydrogen-bond donors (Lipinski definition) is 1. The smallest absolute Gasteiger partial charge is 0.200 e. The first-order valence-electron chi connectivity index (χ1n) is 8.05. The average molecular weight is 308 g/mol. The topological polar surface area (TPSA) is 54.4 Å². The van der Waals surface area contributed by atoms with Crippen LogP contribution in [0.15, 0.2) is 48.5 Å². The number of carbonyl (C=O) groups excluding carboxylic acids is 2. The summed E-state index contributed by atoms with van der Waals surface area (Å²) in [7, 11) is 0. The zero-order valence-corrected chi connectivity index (χ0v) is 13.2. The van der Waals surface area contributed by atoms with Crippen LogP contribution in [-0.2, 0) is 10.4 Å². The monoisotopic (exact) mass is 308 g/mol. The summed E-state index contributed by atoms with van der Waals surface area (Å²) in [6, 6.07) is 14.6. The van der Waals surface area contributed by atoms with Gasteiger partial charge in [-0.25, -0.2) is 0 Å². The molecule has 0 saturated heterocycles. The molecule has 3 rings (SSSR count). The first-order valence-corrected chi connectivity index (χ1v) is 8.05. The van der Waals surface area contributed by atoms with Crippen LogP contribution in [0, 0.1) is 0 Å². The Balaban J connectivity index is 2.08. The van der Waals surface area contributed by atoms with E-state index >= 15 is 0 Å². The zero-order chi connectivity index (χ0) is 16.4. The second-order valence-electron chi connectivity index (χ2n) is 6.10. The third kappa shape index (κ3) is 2.62. The zero-order valence-electron chi connectivity index (χ0n) is 13.2. The van der Waals surface area contributed by atoms with E-state index in [0.717, 1.165) is 24.0 Å². The fourth-order valence-corrected chi connectivity index (χ4v) is 3.26. The van der Waals surface area contributed by atoms with Gasteiger partial charge in [0.05, 0.1) is 0 Å². The van der Waals surface area contributed by atoms with Gasteiger partial charge in [-0.05, 0) is 23.1 Å². The third-order valence-corrected chi connectivity index (χ3v) is 4.47. The van der Waals surface area contributed by atoms with Crippen molar-refractivity contribution in [3.63, 3.8) is 0 Å². The van der Waals surface area contributed by atoms with Crippen LogP contribution in [0.25, 0.3) is 11.1 Å². The van der Waals surface area contributed by atoms with Crippen LogP contribution in [0.2, 0.25) is 0 Å². The number of carbonyl (C=O) groups is 2. The second-order valence-corrected chi connectivity index (χ2v) is 6.10. The minimum atomic E-state index is -1.75. The molecule has 1 N–H and O–H groups in total. The molecule has 0 bridgehead atoms. The molecular weight excluding hydrogens is 288 g/mol. The molecular formula is C20H20O3. The molecule has 0 aliphatic heterocycles. The summed E-state index contributed by atoms with van der Waals surface area (Å²) in [5.74, 6) is -0.450. The van der Waals surface area contributed by atoms with Crippen LogP contribution < -0.4 is 0 Å². The number of hydrogen-bond acceptors (Lipinski definition) is 3. The fraction of sp³-hybridized carbons (Fsp3) is 0.300. The molecule has 2 aromatic rings. The summed E-state index contributed by atoms with van der Waals surface area (Å²) in [5.41, 5.74) is 0.910. The molecule has 23 heavy (non-hydrogen) atoms. The van der Waals surface area contributed by atoms with Crippen molar-refractivity contribution in [1.29, 1.82) is 0 Å². The molecule has 3 heteroatoms. The molecule has 0 aromatic heterocycles. The Morgan fingerprint density at radius 3 is 2.30 bits per heavy atom. The lowest BCUT2D eigenvalue weighted by atomic mass is 9.72. The van der Waals surface area contributed by atoms with Crippen molar-refractivity contribution in [3.05, 3.63) is 59.7 Å². The van der Waals surface area contributed by atoms with Crippen molar-refractivity contribution >= 4 is 11.6 Å². The maximum Gasteiger partial charge on any atom is 0.200 e. The molecule has 1 atom stereocenters. The van der Waals surface area contributed by atoms with Gasteiger partial charge in [0.1, 0.15) is 5.78 Å². The van der Waals surface area contributed by atoms with Gasteiger partial charge in [-0.1, -0.05) is 61.9 Å². The SMILES string of the molecule is CCCCC(=O)CC1(O)C(=O)c2ccccc2-c2ccccc21. The van der Waals surface area contributed by atoms with E-state index in [2.05, 4.69) is 0 Å². The van der Waals surface area contributed by atoms with Gasteiger partial charge in [-0.15, -0.1) is 0 Å². The number of ketones is 2. The highest BCUT2D eigenvalue weighted by molar-refractivity contribution is 6.13. The Morgan fingerprint density at radius 2 is 1.61 bits per heavy atom. The van der Waals surface area contributed by atoms with E-state index < -0.39 is 5.60 Å². The largest absolute Gasteiger partial charge is 0.376 e. The maximum absolute atomic E-state index is 12.9. The highest BCUT2D eigenvalue weighted by Gasteiger charge is 2.45. The minimum Gasteiger partial charge on any atom is -0.376 e. The van der Waals surface area contributed by atoms with E-state index in [4.69, 9.17) is 0 Å². The molecule has 1 aliphatic rings. The van der Waals surface area contributed by atoms with Crippen LogP contribution >= 0.6 is 0 Å². The van der Waals surface area contributed by atoms with Crippen LogP contribution in [0.3, 0.4) is 0 Å². The van der Waals surface area contributed by atoms with Gasteiger partial charge < -0.3 is 5.11 Å². The summed E-state index contributed by atoms with van der Waals surface area (Å²) < 4.78 is 0. The standard InChI is InChI=1S/C20H20O3/c1-2-3-8-14(21)13-20(23)18-12-7-6-10-16(18)15-9-4-5-11-17(15)19(20)22/h4-7,9-12,23H,2-3,8,13H2,1H3. The Hall–Kier alpha value is -2.26. The van der Waals surface area contributed by atoms with Crippen molar-refractivity contribution in [2.24, 2.45) is 0 Å². The average Bonchev–Trinajstić information content (AvgIpc) is 2.58. The summed E-state index contributed by atoms with van der Waals surface area (Å²) in [4.78, 5) is 25.1. The van der Waals surface area contributed by atoms with Gasteiger partial charge in [0.2, 0.25) is 0 Å². The Labute approximate surface area is 136 Å². The summed E-state index contributed by atoms with van der Waals surface area (Å²) in [6.07, 6.45) is 1.94. The van der Waals surface area contributed by atoms with Crippen LogP contribution in [0.1, 0.15) is 48.5 Å². The second kappa shape index (κ2) is 6.09. The van der Waals surface area contributed by atoms with Crippen molar-refractivity contribution in [2.45, 2.75) is 38.2 Å². The van der Waals surface area contributed by atoms with E-state index in [0.29, 0.717) is 17.5 Å². The van der Waals surface area contributed by atoms with Crippen molar-refractivity contribution in [1.82, 2.24) is 0 Å². The Morgan fingerprint density at radius 1 is 1.00 bits per heavy atom. The van der Waals surface area contributed by atoms with Crippen molar-refractivity contribution in [2.75, 3.05) is 0 Å². The summed E-state index contributed by atoms with van der Waals surface area (Å²) in [6.45, 7) is 2.01. The summed E-state index contributed by atoms with van der Waals surface area (Å²) >= 11 is 0. The number of rotatable bonds is 5. The van der Waals surface area contributed by atoms with E-state index in [1.165, 1.54) is 0 Å². The first-order chi connectivity index (χ1) is 11.1. The lowest BCUT2D eigenvalue weighted by molar-refractivity contribution is -0.123. The molecule has 3 nitrogen and oxygen atoms in total. The summed E-state index contributed by atoms with van der Waals surface area (Å²) in [5, 5.41) is 11.1. The number of unbranched alkanes of at least 4 members (excludes halogenated alkanes) is 1. The van der Waals surface area contributed by atoms with Crippen molar-refractivity contribution in [3.8, 4) is 11.1 Å². The number of aliphatic hydroxyl groups is 1. The molecule has 0 amide bonds.